The average molecular weight is 347 g/mol. The van der Waals surface area contributed by atoms with E-state index in [1.807, 2.05) is 11.0 Å². The second kappa shape index (κ2) is 7.04. The summed E-state index contributed by atoms with van der Waals surface area (Å²) < 4.78 is 25.0. The van der Waals surface area contributed by atoms with Crippen LogP contribution >= 0.6 is 0 Å². The van der Waals surface area contributed by atoms with E-state index in [2.05, 4.69) is 0 Å². The van der Waals surface area contributed by atoms with Crippen molar-refractivity contribution in [1.29, 1.82) is 0 Å². The SMILES string of the molecule is O=C(N1CCC(C2OCCO2)CC1)C1(c2cccc(F)c2)CCCC1. The molecule has 5 heteroatoms. The molecule has 0 N–H and O–H groups in total. The van der Waals surface area contributed by atoms with Crippen LogP contribution in [0.2, 0.25) is 0 Å². The molecule has 136 valence electrons. The zero-order valence-electron chi connectivity index (χ0n) is 14.6. The molecule has 1 aliphatic carbocycles. The average Bonchev–Trinajstić information content (AvgIpc) is 3.34. The summed E-state index contributed by atoms with van der Waals surface area (Å²) in [7, 11) is 0. The van der Waals surface area contributed by atoms with Crippen molar-refractivity contribution in [3.63, 3.8) is 0 Å². The number of rotatable bonds is 3. The molecule has 1 amide bonds. The van der Waals surface area contributed by atoms with Gasteiger partial charge in [0.05, 0.1) is 18.6 Å². The zero-order chi connectivity index (χ0) is 17.3. The predicted molar refractivity (Wildman–Crippen MR) is 91.5 cm³/mol. The molecule has 4 nitrogen and oxygen atoms in total. The number of amides is 1. The van der Waals surface area contributed by atoms with Crippen LogP contribution in [0.25, 0.3) is 0 Å². The Morgan fingerprint density at radius 1 is 1.12 bits per heavy atom. The Morgan fingerprint density at radius 2 is 1.80 bits per heavy atom. The summed E-state index contributed by atoms with van der Waals surface area (Å²) in [6, 6.07) is 6.64. The number of likely N-dealkylation sites (tertiary alicyclic amines) is 1. The first kappa shape index (κ1) is 17.0. The van der Waals surface area contributed by atoms with Gasteiger partial charge >= 0.3 is 0 Å². The van der Waals surface area contributed by atoms with Crippen LogP contribution in [0.3, 0.4) is 0 Å². The van der Waals surface area contributed by atoms with Crippen LogP contribution < -0.4 is 0 Å². The Hall–Kier alpha value is -1.46. The van der Waals surface area contributed by atoms with Gasteiger partial charge in [-0.15, -0.1) is 0 Å². The molecule has 2 aliphatic heterocycles. The molecule has 1 aromatic rings. The van der Waals surface area contributed by atoms with Gasteiger partial charge in [-0.05, 0) is 43.4 Å². The van der Waals surface area contributed by atoms with Gasteiger partial charge < -0.3 is 14.4 Å². The molecule has 0 aromatic heterocycles. The highest BCUT2D eigenvalue weighted by Gasteiger charge is 2.46. The second-order valence-corrected chi connectivity index (χ2v) is 7.54. The normalized spacial score (nSPS) is 24.8. The highest BCUT2D eigenvalue weighted by Crippen LogP contribution is 2.43. The van der Waals surface area contributed by atoms with Crippen molar-refractivity contribution in [2.45, 2.75) is 50.2 Å². The van der Waals surface area contributed by atoms with Crippen LogP contribution in [-0.4, -0.2) is 43.4 Å². The molecule has 1 saturated carbocycles. The number of carbonyl (C=O) groups is 1. The molecule has 0 atom stereocenters. The smallest absolute Gasteiger partial charge is 0.233 e. The molecule has 3 fully saturated rings. The maximum Gasteiger partial charge on any atom is 0.233 e. The molecule has 4 rings (SSSR count). The van der Waals surface area contributed by atoms with Crippen LogP contribution in [0.4, 0.5) is 4.39 Å². The Morgan fingerprint density at radius 3 is 2.44 bits per heavy atom. The monoisotopic (exact) mass is 347 g/mol. The van der Waals surface area contributed by atoms with E-state index in [0.717, 1.165) is 57.2 Å². The molecule has 0 spiro atoms. The lowest BCUT2D eigenvalue weighted by atomic mass is 9.77. The largest absolute Gasteiger partial charge is 0.350 e. The standard InChI is InChI=1S/C20H26FNO3/c21-17-5-3-4-16(14-17)20(8-1-2-9-20)19(23)22-10-6-15(7-11-22)18-24-12-13-25-18/h3-5,14-15,18H,1-2,6-13H2. The number of halogens is 1. The van der Waals surface area contributed by atoms with Crippen LogP contribution in [0.5, 0.6) is 0 Å². The Labute approximate surface area is 148 Å². The Balaban J connectivity index is 1.48. The molecular weight excluding hydrogens is 321 g/mol. The van der Waals surface area contributed by atoms with E-state index >= 15 is 0 Å². The molecule has 0 radical (unpaired) electrons. The summed E-state index contributed by atoms with van der Waals surface area (Å²) in [6.45, 7) is 2.83. The molecule has 1 aromatic carbocycles. The number of hydrogen-bond donors (Lipinski definition) is 0. The third-order valence-corrected chi connectivity index (χ3v) is 6.10. The Bertz CT molecular complexity index is 615. The lowest BCUT2D eigenvalue weighted by molar-refractivity contribution is -0.142. The van der Waals surface area contributed by atoms with Gasteiger partial charge in [0.1, 0.15) is 5.82 Å². The van der Waals surface area contributed by atoms with Gasteiger partial charge in [0.15, 0.2) is 6.29 Å². The second-order valence-electron chi connectivity index (χ2n) is 7.54. The van der Waals surface area contributed by atoms with Gasteiger partial charge in [0.25, 0.3) is 0 Å². The van der Waals surface area contributed by atoms with Gasteiger partial charge in [-0.2, -0.15) is 0 Å². The van der Waals surface area contributed by atoms with Gasteiger partial charge in [-0.25, -0.2) is 4.39 Å². The van der Waals surface area contributed by atoms with E-state index in [4.69, 9.17) is 9.47 Å². The zero-order valence-corrected chi connectivity index (χ0v) is 14.6. The predicted octanol–water partition coefficient (Wildman–Crippen LogP) is 3.25. The van der Waals surface area contributed by atoms with Crippen molar-refractivity contribution in [3.05, 3.63) is 35.6 Å². The summed E-state index contributed by atoms with van der Waals surface area (Å²) in [6.07, 6.45) is 5.44. The number of benzene rings is 1. The molecule has 3 aliphatic rings. The van der Waals surface area contributed by atoms with Gasteiger partial charge in [-0.3, -0.25) is 4.79 Å². The van der Waals surface area contributed by atoms with E-state index < -0.39 is 5.41 Å². The Kier molecular flexibility index (Phi) is 4.78. The van der Waals surface area contributed by atoms with E-state index in [-0.39, 0.29) is 18.0 Å². The van der Waals surface area contributed by atoms with Crippen molar-refractivity contribution < 1.29 is 18.7 Å². The minimum absolute atomic E-state index is 0.0964. The summed E-state index contributed by atoms with van der Waals surface area (Å²) >= 11 is 0. The van der Waals surface area contributed by atoms with Crippen LogP contribution in [0.1, 0.15) is 44.1 Å². The molecule has 0 bridgehead atoms. The highest BCUT2D eigenvalue weighted by molar-refractivity contribution is 5.88. The highest BCUT2D eigenvalue weighted by atomic mass is 19.1. The van der Waals surface area contributed by atoms with E-state index in [9.17, 15) is 9.18 Å². The fourth-order valence-electron chi connectivity index (χ4n) is 4.72. The topological polar surface area (TPSA) is 38.8 Å². The molecular formula is C20H26FNO3. The summed E-state index contributed by atoms with van der Waals surface area (Å²) in [5.41, 5.74) is 0.314. The number of carbonyl (C=O) groups excluding carboxylic acids is 1. The van der Waals surface area contributed by atoms with E-state index in [0.29, 0.717) is 19.1 Å². The fourth-order valence-corrected chi connectivity index (χ4v) is 4.72. The summed E-state index contributed by atoms with van der Waals surface area (Å²) in [4.78, 5) is 15.4. The lowest BCUT2D eigenvalue weighted by Crippen LogP contribution is -2.49. The fraction of sp³-hybridized carbons (Fsp3) is 0.650. The first-order chi connectivity index (χ1) is 12.2. The third-order valence-electron chi connectivity index (χ3n) is 6.10. The van der Waals surface area contributed by atoms with Crippen LogP contribution in [0.15, 0.2) is 24.3 Å². The summed E-state index contributed by atoms with van der Waals surface area (Å²) in [5, 5.41) is 0. The van der Waals surface area contributed by atoms with Gasteiger partial charge in [0.2, 0.25) is 5.91 Å². The minimum atomic E-state index is -0.532. The molecule has 0 unspecified atom stereocenters. The van der Waals surface area contributed by atoms with Crippen molar-refractivity contribution >= 4 is 5.91 Å². The molecule has 2 saturated heterocycles. The molecule has 2 heterocycles. The first-order valence-corrected chi connectivity index (χ1v) is 9.48. The van der Waals surface area contributed by atoms with Crippen molar-refractivity contribution in [3.8, 4) is 0 Å². The maximum absolute atomic E-state index is 13.8. The van der Waals surface area contributed by atoms with Crippen LogP contribution in [-0.2, 0) is 19.7 Å². The quantitative estimate of drug-likeness (QED) is 0.842. The summed E-state index contributed by atoms with van der Waals surface area (Å²) in [5.74, 6) is 0.299. The van der Waals surface area contributed by atoms with Gasteiger partial charge in [0, 0.05) is 19.0 Å². The number of ether oxygens (including phenoxy) is 2. The van der Waals surface area contributed by atoms with Crippen molar-refractivity contribution in [2.75, 3.05) is 26.3 Å². The first-order valence-electron chi connectivity index (χ1n) is 9.48. The van der Waals surface area contributed by atoms with Gasteiger partial charge in [-0.1, -0.05) is 25.0 Å². The maximum atomic E-state index is 13.8. The number of piperidine rings is 1. The third kappa shape index (κ3) is 3.20. The number of hydrogen-bond acceptors (Lipinski definition) is 3. The van der Waals surface area contributed by atoms with E-state index in [1.165, 1.54) is 6.07 Å². The minimum Gasteiger partial charge on any atom is -0.350 e. The lowest BCUT2D eigenvalue weighted by Gasteiger charge is -2.39. The van der Waals surface area contributed by atoms with Crippen molar-refractivity contribution in [2.24, 2.45) is 5.92 Å². The molecule has 25 heavy (non-hydrogen) atoms. The number of nitrogens with zero attached hydrogens (tertiary/aromatic N) is 1. The van der Waals surface area contributed by atoms with E-state index in [1.54, 1.807) is 12.1 Å². The van der Waals surface area contributed by atoms with Crippen LogP contribution in [0, 0.1) is 11.7 Å². The van der Waals surface area contributed by atoms with Crippen molar-refractivity contribution in [1.82, 2.24) is 4.90 Å².